The van der Waals surface area contributed by atoms with Crippen molar-refractivity contribution in [2.75, 3.05) is 36.5 Å². The molecule has 0 aromatic heterocycles. The van der Waals surface area contributed by atoms with Crippen LogP contribution in [0.4, 0.5) is 11.4 Å². The maximum absolute atomic E-state index is 12.2. The molecule has 3 rings (SSSR count). The molecule has 0 unspecified atom stereocenters. The standard InChI is InChI=1S/C18H26N2O2/c21-18(15-9-13-22-14-10-15)19-16-5-7-17(8-6-16)20-11-3-1-2-4-12-20/h5-8,15H,1-4,9-14H2,(H,19,21). The van der Waals surface area contributed by atoms with Gasteiger partial charge < -0.3 is 15.0 Å². The fourth-order valence-electron chi connectivity index (χ4n) is 3.29. The molecule has 0 radical (unpaired) electrons. The molecule has 2 fully saturated rings. The van der Waals surface area contributed by atoms with Crippen molar-refractivity contribution in [3.05, 3.63) is 24.3 Å². The van der Waals surface area contributed by atoms with Gasteiger partial charge in [-0.1, -0.05) is 12.8 Å². The minimum atomic E-state index is 0.0963. The minimum Gasteiger partial charge on any atom is -0.381 e. The summed E-state index contributed by atoms with van der Waals surface area (Å²) in [6.45, 7) is 3.69. The number of anilines is 2. The Hall–Kier alpha value is -1.55. The first-order valence-electron chi connectivity index (χ1n) is 8.56. The van der Waals surface area contributed by atoms with Crippen molar-refractivity contribution in [2.45, 2.75) is 38.5 Å². The van der Waals surface area contributed by atoms with E-state index < -0.39 is 0 Å². The third kappa shape index (κ3) is 4.01. The highest BCUT2D eigenvalue weighted by Gasteiger charge is 2.21. The number of carbonyl (C=O) groups is 1. The zero-order chi connectivity index (χ0) is 15.2. The van der Waals surface area contributed by atoms with Gasteiger partial charge in [-0.05, 0) is 49.9 Å². The zero-order valence-corrected chi connectivity index (χ0v) is 13.2. The molecule has 2 aliphatic heterocycles. The van der Waals surface area contributed by atoms with Crippen LogP contribution in [0.25, 0.3) is 0 Å². The van der Waals surface area contributed by atoms with E-state index in [2.05, 4.69) is 22.3 Å². The van der Waals surface area contributed by atoms with Crippen LogP contribution in [0.2, 0.25) is 0 Å². The van der Waals surface area contributed by atoms with Gasteiger partial charge in [-0.15, -0.1) is 0 Å². The predicted molar refractivity (Wildman–Crippen MR) is 89.3 cm³/mol. The van der Waals surface area contributed by atoms with Crippen molar-refractivity contribution in [3.63, 3.8) is 0 Å². The Morgan fingerprint density at radius 2 is 1.64 bits per heavy atom. The average Bonchev–Trinajstić information content (AvgIpc) is 2.86. The third-order valence-electron chi connectivity index (χ3n) is 4.70. The number of carbonyl (C=O) groups excluding carboxylic acids is 1. The maximum atomic E-state index is 12.2. The Morgan fingerprint density at radius 1 is 1.00 bits per heavy atom. The van der Waals surface area contributed by atoms with E-state index in [0.29, 0.717) is 13.2 Å². The van der Waals surface area contributed by atoms with E-state index in [1.807, 2.05) is 12.1 Å². The largest absolute Gasteiger partial charge is 0.381 e. The lowest BCUT2D eigenvalue weighted by Gasteiger charge is -2.23. The van der Waals surface area contributed by atoms with Crippen molar-refractivity contribution in [1.82, 2.24) is 0 Å². The smallest absolute Gasteiger partial charge is 0.227 e. The average molecular weight is 302 g/mol. The van der Waals surface area contributed by atoms with E-state index in [-0.39, 0.29) is 11.8 Å². The molecule has 1 amide bonds. The van der Waals surface area contributed by atoms with Gasteiger partial charge >= 0.3 is 0 Å². The Morgan fingerprint density at radius 3 is 2.27 bits per heavy atom. The second-order valence-electron chi connectivity index (χ2n) is 6.32. The lowest BCUT2D eigenvalue weighted by Crippen LogP contribution is -2.28. The number of nitrogens with one attached hydrogen (secondary N) is 1. The highest BCUT2D eigenvalue weighted by molar-refractivity contribution is 5.92. The van der Waals surface area contributed by atoms with Crippen LogP contribution in [0.3, 0.4) is 0 Å². The van der Waals surface area contributed by atoms with Crippen LogP contribution in [0.5, 0.6) is 0 Å². The summed E-state index contributed by atoms with van der Waals surface area (Å²) in [6.07, 6.45) is 6.91. The number of hydrogen-bond acceptors (Lipinski definition) is 3. The van der Waals surface area contributed by atoms with Gasteiger partial charge in [0.05, 0.1) is 0 Å². The Bertz CT molecular complexity index is 472. The molecule has 0 bridgehead atoms. The third-order valence-corrected chi connectivity index (χ3v) is 4.70. The molecule has 0 aliphatic carbocycles. The molecule has 2 aliphatic rings. The summed E-state index contributed by atoms with van der Waals surface area (Å²) in [7, 11) is 0. The number of benzene rings is 1. The van der Waals surface area contributed by atoms with Crippen molar-refractivity contribution in [1.29, 1.82) is 0 Å². The quantitative estimate of drug-likeness (QED) is 0.930. The molecule has 1 aromatic carbocycles. The van der Waals surface area contributed by atoms with E-state index in [4.69, 9.17) is 4.74 Å². The van der Waals surface area contributed by atoms with Crippen LogP contribution in [-0.4, -0.2) is 32.2 Å². The number of hydrogen-bond donors (Lipinski definition) is 1. The van der Waals surface area contributed by atoms with Crippen molar-refractivity contribution >= 4 is 17.3 Å². The second-order valence-corrected chi connectivity index (χ2v) is 6.32. The van der Waals surface area contributed by atoms with Crippen molar-refractivity contribution in [2.24, 2.45) is 5.92 Å². The summed E-state index contributed by atoms with van der Waals surface area (Å²) in [5, 5.41) is 3.04. The molecule has 0 saturated carbocycles. The first kappa shape index (κ1) is 15.3. The molecular weight excluding hydrogens is 276 g/mol. The van der Waals surface area contributed by atoms with E-state index in [1.54, 1.807) is 0 Å². The van der Waals surface area contributed by atoms with Gasteiger partial charge in [-0.3, -0.25) is 4.79 Å². The SMILES string of the molecule is O=C(Nc1ccc(N2CCCCCC2)cc1)C1CCOCC1. The summed E-state index contributed by atoms with van der Waals surface area (Å²) >= 11 is 0. The number of ether oxygens (including phenoxy) is 1. The molecule has 0 spiro atoms. The summed E-state index contributed by atoms with van der Waals surface area (Å²) < 4.78 is 5.31. The van der Waals surface area contributed by atoms with Crippen LogP contribution in [0.1, 0.15) is 38.5 Å². The molecule has 0 atom stereocenters. The minimum absolute atomic E-state index is 0.0963. The predicted octanol–water partition coefficient (Wildman–Crippen LogP) is 3.43. The Kier molecular flexibility index (Phi) is 5.33. The van der Waals surface area contributed by atoms with Gasteiger partial charge in [0.1, 0.15) is 0 Å². The summed E-state index contributed by atoms with van der Waals surface area (Å²) in [4.78, 5) is 14.7. The normalized spacial score (nSPS) is 20.5. The van der Waals surface area contributed by atoms with Gasteiger partial charge in [-0.2, -0.15) is 0 Å². The summed E-state index contributed by atoms with van der Waals surface area (Å²) in [5.74, 6) is 0.227. The first-order valence-corrected chi connectivity index (χ1v) is 8.56. The van der Waals surface area contributed by atoms with E-state index >= 15 is 0 Å². The van der Waals surface area contributed by atoms with Gasteiger partial charge in [-0.25, -0.2) is 0 Å². The topological polar surface area (TPSA) is 41.6 Å². The monoisotopic (exact) mass is 302 g/mol. The molecular formula is C18H26N2O2. The summed E-state index contributed by atoms with van der Waals surface area (Å²) in [6, 6.07) is 8.31. The van der Waals surface area contributed by atoms with Crippen LogP contribution in [0, 0.1) is 5.92 Å². The van der Waals surface area contributed by atoms with Gasteiger partial charge in [0.2, 0.25) is 5.91 Å². The van der Waals surface area contributed by atoms with E-state index in [1.165, 1.54) is 31.4 Å². The lowest BCUT2D eigenvalue weighted by atomic mass is 9.99. The molecule has 1 N–H and O–H groups in total. The molecule has 2 saturated heterocycles. The van der Waals surface area contributed by atoms with Gasteiger partial charge in [0.15, 0.2) is 0 Å². The van der Waals surface area contributed by atoms with Crippen LogP contribution in [-0.2, 0) is 9.53 Å². The molecule has 4 heteroatoms. The van der Waals surface area contributed by atoms with Crippen LogP contribution >= 0.6 is 0 Å². The summed E-state index contributed by atoms with van der Waals surface area (Å²) in [5.41, 5.74) is 2.17. The number of nitrogens with zero attached hydrogens (tertiary/aromatic N) is 1. The first-order chi connectivity index (χ1) is 10.8. The Labute approximate surface area is 132 Å². The van der Waals surface area contributed by atoms with Crippen molar-refractivity contribution in [3.8, 4) is 0 Å². The van der Waals surface area contributed by atoms with E-state index in [0.717, 1.165) is 31.6 Å². The maximum Gasteiger partial charge on any atom is 0.227 e. The van der Waals surface area contributed by atoms with Crippen molar-refractivity contribution < 1.29 is 9.53 Å². The fraction of sp³-hybridized carbons (Fsp3) is 0.611. The fourth-order valence-corrected chi connectivity index (χ4v) is 3.29. The van der Waals surface area contributed by atoms with Gasteiger partial charge in [0.25, 0.3) is 0 Å². The number of amides is 1. The lowest BCUT2D eigenvalue weighted by molar-refractivity contribution is -0.122. The van der Waals surface area contributed by atoms with Crippen LogP contribution in [0.15, 0.2) is 24.3 Å². The van der Waals surface area contributed by atoms with Gasteiger partial charge in [0, 0.05) is 43.6 Å². The highest BCUT2D eigenvalue weighted by atomic mass is 16.5. The number of rotatable bonds is 3. The Balaban J connectivity index is 1.57. The van der Waals surface area contributed by atoms with Crippen LogP contribution < -0.4 is 10.2 Å². The molecule has 1 aromatic rings. The zero-order valence-electron chi connectivity index (χ0n) is 13.2. The van der Waals surface area contributed by atoms with E-state index in [9.17, 15) is 4.79 Å². The molecule has 22 heavy (non-hydrogen) atoms. The molecule has 120 valence electrons. The molecule has 4 nitrogen and oxygen atoms in total. The highest BCUT2D eigenvalue weighted by Crippen LogP contribution is 2.23. The second kappa shape index (κ2) is 7.63. The molecule has 2 heterocycles.